The zero-order chi connectivity index (χ0) is 14.9. The average molecular weight is 307 g/mol. The van der Waals surface area contributed by atoms with Crippen LogP contribution in [0.15, 0.2) is 54.6 Å². The highest BCUT2D eigenvalue weighted by atomic mass is 32.1. The first-order valence-electron chi connectivity index (χ1n) is 8.14. The fraction of sp³-hybridized carbons (Fsp3) is 0.300. The van der Waals surface area contributed by atoms with E-state index in [9.17, 15) is 0 Å². The molecule has 2 heterocycles. The van der Waals surface area contributed by atoms with Crippen LogP contribution in [0.3, 0.4) is 0 Å². The van der Waals surface area contributed by atoms with Crippen molar-refractivity contribution in [3.8, 4) is 0 Å². The molecular formula is C20H21NS. The molecule has 0 spiro atoms. The summed E-state index contributed by atoms with van der Waals surface area (Å²) < 4.78 is 1.44. The number of thiophene rings is 1. The Morgan fingerprint density at radius 1 is 1.05 bits per heavy atom. The normalized spacial score (nSPS) is 19.0. The van der Waals surface area contributed by atoms with Crippen LogP contribution in [-0.2, 0) is 6.42 Å². The third kappa shape index (κ3) is 2.37. The highest BCUT2D eigenvalue weighted by Crippen LogP contribution is 2.41. The topological polar surface area (TPSA) is 3.24 Å². The van der Waals surface area contributed by atoms with E-state index in [2.05, 4.69) is 66.4 Å². The van der Waals surface area contributed by atoms with Crippen molar-refractivity contribution in [1.29, 1.82) is 0 Å². The van der Waals surface area contributed by atoms with Gasteiger partial charge in [-0.15, -0.1) is 11.3 Å². The highest BCUT2D eigenvalue weighted by Gasteiger charge is 2.27. The van der Waals surface area contributed by atoms with Gasteiger partial charge in [-0.2, -0.15) is 0 Å². The lowest BCUT2D eigenvalue weighted by atomic mass is 9.94. The summed E-state index contributed by atoms with van der Waals surface area (Å²) in [6.45, 7) is 5.73. The molecule has 1 aliphatic rings. The van der Waals surface area contributed by atoms with Crippen molar-refractivity contribution >= 4 is 21.4 Å². The Bertz CT molecular complexity index is 775. The number of hydrogen-bond acceptors (Lipinski definition) is 2. The fourth-order valence-electron chi connectivity index (χ4n) is 3.59. The van der Waals surface area contributed by atoms with Crippen LogP contribution in [0.5, 0.6) is 0 Å². The molecule has 0 saturated carbocycles. The molecule has 0 fully saturated rings. The summed E-state index contributed by atoms with van der Waals surface area (Å²) >= 11 is 2.00. The lowest BCUT2D eigenvalue weighted by Gasteiger charge is -2.23. The molecule has 3 aromatic rings. The van der Waals surface area contributed by atoms with E-state index in [1.165, 1.54) is 28.6 Å². The Labute approximate surface area is 136 Å². The number of fused-ring (bicyclic) bond motifs is 3. The molecule has 0 N–H and O–H groups in total. The van der Waals surface area contributed by atoms with Gasteiger partial charge in [0.25, 0.3) is 0 Å². The van der Waals surface area contributed by atoms with Gasteiger partial charge in [0.15, 0.2) is 0 Å². The second-order valence-electron chi connectivity index (χ2n) is 6.05. The summed E-state index contributed by atoms with van der Waals surface area (Å²) in [4.78, 5) is 4.18. The van der Waals surface area contributed by atoms with Crippen LogP contribution in [0.4, 0.5) is 0 Å². The molecule has 4 rings (SSSR count). The Balaban J connectivity index is 1.89. The van der Waals surface area contributed by atoms with Crippen molar-refractivity contribution < 1.29 is 0 Å². The smallest absolute Gasteiger partial charge is 0.0348 e. The molecule has 0 bridgehead atoms. The molecule has 0 aliphatic carbocycles. The van der Waals surface area contributed by atoms with Crippen LogP contribution in [0.2, 0.25) is 0 Å². The van der Waals surface area contributed by atoms with Crippen molar-refractivity contribution in [2.75, 3.05) is 19.6 Å². The predicted molar refractivity (Wildman–Crippen MR) is 95.9 cm³/mol. The number of benzene rings is 2. The van der Waals surface area contributed by atoms with Crippen LogP contribution >= 0.6 is 11.3 Å². The average Bonchev–Trinajstić information content (AvgIpc) is 2.84. The van der Waals surface area contributed by atoms with Gasteiger partial charge < -0.3 is 4.90 Å². The lowest BCUT2D eigenvalue weighted by Crippen LogP contribution is -2.28. The monoisotopic (exact) mass is 307 g/mol. The summed E-state index contributed by atoms with van der Waals surface area (Å²) in [7, 11) is 0. The van der Waals surface area contributed by atoms with E-state index in [1.54, 1.807) is 10.4 Å². The maximum atomic E-state index is 2.60. The first-order chi connectivity index (χ1) is 10.9. The van der Waals surface area contributed by atoms with Crippen LogP contribution < -0.4 is 0 Å². The van der Waals surface area contributed by atoms with E-state index in [0.29, 0.717) is 5.92 Å². The van der Waals surface area contributed by atoms with Crippen LogP contribution in [0, 0.1) is 0 Å². The van der Waals surface area contributed by atoms with Crippen molar-refractivity contribution in [2.24, 2.45) is 0 Å². The van der Waals surface area contributed by atoms with E-state index < -0.39 is 0 Å². The molecule has 0 unspecified atom stereocenters. The third-order valence-electron chi connectivity index (χ3n) is 4.81. The second-order valence-corrected chi connectivity index (χ2v) is 7.13. The molecule has 2 heteroatoms. The molecular weight excluding hydrogens is 286 g/mol. The van der Waals surface area contributed by atoms with Crippen molar-refractivity contribution in [3.63, 3.8) is 0 Å². The van der Waals surface area contributed by atoms with E-state index in [1.807, 2.05) is 11.3 Å². The Morgan fingerprint density at radius 2 is 1.82 bits per heavy atom. The van der Waals surface area contributed by atoms with Gasteiger partial charge in [-0.25, -0.2) is 0 Å². The Kier molecular flexibility index (Phi) is 3.73. The van der Waals surface area contributed by atoms with Crippen molar-refractivity contribution in [1.82, 2.24) is 4.90 Å². The summed E-state index contributed by atoms with van der Waals surface area (Å²) in [5, 5.41) is 1.47. The molecule has 2 aromatic carbocycles. The van der Waals surface area contributed by atoms with Gasteiger partial charge in [0.05, 0.1) is 0 Å². The highest BCUT2D eigenvalue weighted by molar-refractivity contribution is 7.19. The van der Waals surface area contributed by atoms with Gasteiger partial charge in [-0.05, 0) is 35.5 Å². The zero-order valence-electron chi connectivity index (χ0n) is 13.0. The SMILES string of the molecule is CCN1CCc2c(sc3ccccc23)[C@@H](c2ccccc2)C1. The number of hydrogen-bond donors (Lipinski definition) is 0. The second kappa shape index (κ2) is 5.86. The summed E-state index contributed by atoms with van der Waals surface area (Å²) in [5.41, 5.74) is 3.04. The van der Waals surface area contributed by atoms with Gasteiger partial charge in [-0.3, -0.25) is 0 Å². The molecule has 1 aliphatic heterocycles. The van der Waals surface area contributed by atoms with Crippen molar-refractivity contribution in [2.45, 2.75) is 19.3 Å². The Morgan fingerprint density at radius 3 is 2.64 bits per heavy atom. The van der Waals surface area contributed by atoms with Gasteiger partial charge in [0.2, 0.25) is 0 Å². The molecule has 1 atom stereocenters. The van der Waals surface area contributed by atoms with E-state index in [0.717, 1.165) is 13.1 Å². The molecule has 0 radical (unpaired) electrons. The lowest BCUT2D eigenvalue weighted by molar-refractivity contribution is 0.292. The standard InChI is InChI=1S/C20H21NS/c1-2-21-13-12-17-16-10-6-7-11-19(16)22-20(17)18(14-21)15-8-4-3-5-9-15/h3-11,18H,2,12-14H2,1H3/t18-/m1/s1. The maximum absolute atomic E-state index is 2.60. The van der Waals surface area contributed by atoms with Gasteiger partial charge in [0, 0.05) is 28.6 Å². The van der Waals surface area contributed by atoms with Gasteiger partial charge in [-0.1, -0.05) is 55.5 Å². The minimum atomic E-state index is 0.510. The molecule has 22 heavy (non-hydrogen) atoms. The maximum Gasteiger partial charge on any atom is 0.0348 e. The first-order valence-corrected chi connectivity index (χ1v) is 8.96. The minimum absolute atomic E-state index is 0.510. The first kappa shape index (κ1) is 14.0. The predicted octanol–water partition coefficient (Wildman–Crippen LogP) is 4.91. The summed E-state index contributed by atoms with van der Waals surface area (Å²) in [6, 6.07) is 19.9. The van der Waals surface area contributed by atoms with E-state index in [4.69, 9.17) is 0 Å². The molecule has 0 amide bonds. The molecule has 112 valence electrons. The quantitative estimate of drug-likeness (QED) is 0.650. The summed E-state index contributed by atoms with van der Waals surface area (Å²) in [5.74, 6) is 0.510. The molecule has 0 saturated heterocycles. The van der Waals surface area contributed by atoms with Crippen molar-refractivity contribution in [3.05, 3.63) is 70.6 Å². The van der Waals surface area contributed by atoms with E-state index >= 15 is 0 Å². The Hall–Kier alpha value is -1.64. The molecule has 1 aromatic heterocycles. The summed E-state index contributed by atoms with van der Waals surface area (Å²) in [6.07, 6.45) is 1.18. The van der Waals surface area contributed by atoms with Crippen LogP contribution in [0.1, 0.15) is 28.8 Å². The number of nitrogens with zero attached hydrogens (tertiary/aromatic N) is 1. The fourth-order valence-corrected chi connectivity index (χ4v) is 4.96. The largest absolute Gasteiger partial charge is 0.302 e. The number of rotatable bonds is 2. The third-order valence-corrected chi connectivity index (χ3v) is 6.14. The zero-order valence-corrected chi connectivity index (χ0v) is 13.8. The minimum Gasteiger partial charge on any atom is -0.302 e. The van der Waals surface area contributed by atoms with E-state index in [-0.39, 0.29) is 0 Å². The number of likely N-dealkylation sites (N-methyl/N-ethyl adjacent to an activating group) is 1. The van der Waals surface area contributed by atoms with Crippen LogP contribution in [-0.4, -0.2) is 24.5 Å². The van der Waals surface area contributed by atoms with Gasteiger partial charge >= 0.3 is 0 Å². The van der Waals surface area contributed by atoms with Crippen LogP contribution in [0.25, 0.3) is 10.1 Å². The molecule has 1 nitrogen and oxygen atoms in total. The van der Waals surface area contributed by atoms with Gasteiger partial charge in [0.1, 0.15) is 0 Å².